The van der Waals surface area contributed by atoms with Gasteiger partial charge in [0.2, 0.25) is 0 Å². The molecule has 0 aliphatic carbocycles. The van der Waals surface area contributed by atoms with Crippen molar-refractivity contribution in [3.05, 3.63) is 62.6 Å². The number of methoxy groups -OCH3 is 1. The second-order valence-electron chi connectivity index (χ2n) is 5.16. The van der Waals surface area contributed by atoms with Gasteiger partial charge < -0.3 is 14.8 Å². The Morgan fingerprint density at radius 1 is 1.23 bits per heavy atom. The molecule has 0 radical (unpaired) electrons. The van der Waals surface area contributed by atoms with Crippen LogP contribution in [0.2, 0.25) is 0 Å². The molecule has 9 heteroatoms. The molecule has 2 rings (SSSR count). The zero-order valence-corrected chi connectivity index (χ0v) is 15.5. The SMILES string of the molecule is COc1ccc(Br)c(C(=O)OC(C)C(=O)Nc2ccccc2[N+](=O)[O-])c1. The van der Waals surface area contributed by atoms with Gasteiger partial charge in [-0.05, 0) is 47.1 Å². The number of rotatable bonds is 6. The molecule has 2 aromatic rings. The maximum atomic E-state index is 12.3. The van der Waals surface area contributed by atoms with Gasteiger partial charge in [0.15, 0.2) is 6.10 Å². The smallest absolute Gasteiger partial charge is 0.340 e. The van der Waals surface area contributed by atoms with Crippen LogP contribution >= 0.6 is 15.9 Å². The number of anilines is 1. The molecule has 136 valence electrons. The van der Waals surface area contributed by atoms with E-state index >= 15 is 0 Å². The topological polar surface area (TPSA) is 108 Å². The molecule has 1 amide bonds. The molecule has 0 fully saturated rings. The van der Waals surface area contributed by atoms with Crippen LogP contribution in [0, 0.1) is 10.1 Å². The van der Waals surface area contributed by atoms with E-state index in [2.05, 4.69) is 21.2 Å². The highest BCUT2D eigenvalue weighted by molar-refractivity contribution is 9.10. The molecule has 0 saturated heterocycles. The lowest BCUT2D eigenvalue weighted by atomic mass is 10.2. The number of nitro benzene ring substituents is 1. The number of nitrogens with one attached hydrogen (secondary N) is 1. The summed E-state index contributed by atoms with van der Waals surface area (Å²) in [6, 6.07) is 10.4. The second kappa shape index (κ2) is 8.43. The van der Waals surface area contributed by atoms with Gasteiger partial charge in [-0.3, -0.25) is 14.9 Å². The van der Waals surface area contributed by atoms with Gasteiger partial charge in [-0.1, -0.05) is 12.1 Å². The summed E-state index contributed by atoms with van der Waals surface area (Å²) in [6.07, 6.45) is -1.17. The zero-order chi connectivity index (χ0) is 19.3. The van der Waals surface area contributed by atoms with E-state index in [0.717, 1.165) is 0 Å². The summed E-state index contributed by atoms with van der Waals surface area (Å²) in [5.74, 6) is -0.968. The van der Waals surface area contributed by atoms with Crippen LogP contribution in [-0.4, -0.2) is 30.0 Å². The van der Waals surface area contributed by atoms with E-state index in [1.54, 1.807) is 18.2 Å². The minimum absolute atomic E-state index is 0.0213. The Labute approximate surface area is 157 Å². The highest BCUT2D eigenvalue weighted by Crippen LogP contribution is 2.25. The second-order valence-corrected chi connectivity index (χ2v) is 6.01. The van der Waals surface area contributed by atoms with Crippen LogP contribution in [0.3, 0.4) is 0 Å². The third-order valence-corrected chi connectivity index (χ3v) is 4.10. The van der Waals surface area contributed by atoms with E-state index in [4.69, 9.17) is 9.47 Å². The lowest BCUT2D eigenvalue weighted by Gasteiger charge is -2.14. The quantitative estimate of drug-likeness (QED) is 0.433. The van der Waals surface area contributed by atoms with Crippen molar-refractivity contribution in [1.29, 1.82) is 0 Å². The number of para-hydroxylation sites is 2. The number of esters is 1. The molecule has 0 spiro atoms. The van der Waals surface area contributed by atoms with E-state index in [9.17, 15) is 19.7 Å². The third kappa shape index (κ3) is 4.57. The number of hydrogen-bond donors (Lipinski definition) is 1. The Morgan fingerprint density at radius 3 is 2.58 bits per heavy atom. The zero-order valence-electron chi connectivity index (χ0n) is 13.9. The van der Waals surface area contributed by atoms with Crippen molar-refractivity contribution in [3.63, 3.8) is 0 Å². The molecule has 0 aliphatic rings. The summed E-state index contributed by atoms with van der Waals surface area (Å²) >= 11 is 3.23. The number of carbonyl (C=O) groups excluding carboxylic acids is 2. The Hall–Kier alpha value is -2.94. The summed E-state index contributed by atoms with van der Waals surface area (Å²) < 4.78 is 10.7. The highest BCUT2D eigenvalue weighted by Gasteiger charge is 2.23. The van der Waals surface area contributed by atoms with Gasteiger partial charge in [-0.15, -0.1) is 0 Å². The lowest BCUT2D eigenvalue weighted by molar-refractivity contribution is -0.383. The van der Waals surface area contributed by atoms with E-state index in [-0.39, 0.29) is 16.9 Å². The van der Waals surface area contributed by atoms with Crippen molar-refractivity contribution in [2.75, 3.05) is 12.4 Å². The standard InChI is InChI=1S/C17H15BrN2O6/c1-10(16(21)19-14-5-3-4-6-15(14)20(23)24)26-17(22)12-9-11(25-2)7-8-13(12)18/h3-10H,1-2H3,(H,19,21). The average molecular weight is 423 g/mol. The van der Waals surface area contributed by atoms with Crippen LogP contribution in [0.4, 0.5) is 11.4 Å². The van der Waals surface area contributed by atoms with Crippen molar-refractivity contribution < 1.29 is 24.0 Å². The summed E-state index contributed by atoms with van der Waals surface area (Å²) in [6.45, 7) is 1.37. The van der Waals surface area contributed by atoms with Gasteiger partial charge in [-0.25, -0.2) is 4.79 Å². The number of benzene rings is 2. The van der Waals surface area contributed by atoms with Crippen molar-refractivity contribution in [3.8, 4) is 5.75 Å². The van der Waals surface area contributed by atoms with E-state index in [1.165, 1.54) is 38.3 Å². The number of amides is 1. The van der Waals surface area contributed by atoms with Gasteiger partial charge in [0, 0.05) is 10.5 Å². The van der Waals surface area contributed by atoms with Crippen LogP contribution in [-0.2, 0) is 9.53 Å². The van der Waals surface area contributed by atoms with Gasteiger partial charge in [0.05, 0.1) is 17.6 Å². The fourth-order valence-corrected chi connectivity index (χ4v) is 2.45. The molecule has 26 heavy (non-hydrogen) atoms. The summed E-state index contributed by atoms with van der Waals surface area (Å²) in [4.78, 5) is 34.9. The van der Waals surface area contributed by atoms with Crippen LogP contribution in [0.15, 0.2) is 46.9 Å². The Kier molecular flexibility index (Phi) is 6.29. The maximum absolute atomic E-state index is 12.3. The first kappa shape index (κ1) is 19.4. The number of nitro groups is 1. The van der Waals surface area contributed by atoms with E-state index < -0.39 is 22.9 Å². The van der Waals surface area contributed by atoms with Crippen LogP contribution in [0.1, 0.15) is 17.3 Å². The van der Waals surface area contributed by atoms with Crippen LogP contribution in [0.25, 0.3) is 0 Å². The minimum atomic E-state index is -1.17. The Morgan fingerprint density at radius 2 is 1.92 bits per heavy atom. The Balaban J connectivity index is 2.10. The van der Waals surface area contributed by atoms with Gasteiger partial charge in [0.25, 0.3) is 11.6 Å². The van der Waals surface area contributed by atoms with E-state index in [0.29, 0.717) is 10.2 Å². The van der Waals surface area contributed by atoms with Crippen molar-refractivity contribution in [2.45, 2.75) is 13.0 Å². The largest absolute Gasteiger partial charge is 0.497 e. The number of carbonyl (C=O) groups is 2. The monoisotopic (exact) mass is 422 g/mol. The lowest BCUT2D eigenvalue weighted by Crippen LogP contribution is -2.30. The van der Waals surface area contributed by atoms with Gasteiger partial charge in [0.1, 0.15) is 11.4 Å². The first-order chi connectivity index (χ1) is 12.3. The van der Waals surface area contributed by atoms with Gasteiger partial charge >= 0.3 is 5.97 Å². The molecule has 8 nitrogen and oxygen atoms in total. The molecule has 0 heterocycles. The summed E-state index contributed by atoms with van der Waals surface area (Å²) in [5, 5.41) is 13.4. The average Bonchev–Trinajstić information content (AvgIpc) is 2.62. The first-order valence-electron chi connectivity index (χ1n) is 7.42. The fraction of sp³-hybridized carbons (Fsp3) is 0.176. The molecule has 1 atom stereocenters. The van der Waals surface area contributed by atoms with Crippen molar-refractivity contribution in [2.24, 2.45) is 0 Å². The number of ether oxygens (including phenoxy) is 2. The third-order valence-electron chi connectivity index (χ3n) is 3.41. The predicted octanol–water partition coefficient (Wildman–Crippen LogP) is 3.55. The molecule has 1 unspecified atom stereocenters. The molecule has 0 bridgehead atoms. The molecular formula is C17H15BrN2O6. The van der Waals surface area contributed by atoms with Gasteiger partial charge in [-0.2, -0.15) is 0 Å². The van der Waals surface area contributed by atoms with Crippen molar-refractivity contribution in [1.82, 2.24) is 0 Å². The highest BCUT2D eigenvalue weighted by atomic mass is 79.9. The van der Waals surface area contributed by atoms with Crippen LogP contribution in [0.5, 0.6) is 5.75 Å². The summed E-state index contributed by atoms with van der Waals surface area (Å²) in [7, 11) is 1.46. The normalized spacial score (nSPS) is 11.3. The molecule has 1 N–H and O–H groups in total. The fourth-order valence-electron chi connectivity index (χ4n) is 2.04. The minimum Gasteiger partial charge on any atom is -0.497 e. The molecular weight excluding hydrogens is 408 g/mol. The van der Waals surface area contributed by atoms with E-state index in [1.807, 2.05) is 0 Å². The van der Waals surface area contributed by atoms with Crippen LogP contribution < -0.4 is 10.1 Å². The number of halogens is 1. The summed E-state index contributed by atoms with van der Waals surface area (Å²) in [5.41, 5.74) is -0.0439. The first-order valence-corrected chi connectivity index (χ1v) is 8.21. The predicted molar refractivity (Wildman–Crippen MR) is 97.3 cm³/mol. The number of hydrogen-bond acceptors (Lipinski definition) is 6. The molecule has 0 saturated carbocycles. The molecule has 2 aromatic carbocycles. The van der Waals surface area contributed by atoms with Crippen molar-refractivity contribution >= 4 is 39.2 Å². The molecule has 0 aromatic heterocycles. The number of nitrogens with zero attached hydrogens (tertiary/aromatic N) is 1. The maximum Gasteiger partial charge on any atom is 0.340 e. The molecule has 0 aliphatic heterocycles. The Bertz CT molecular complexity index is 855.